The highest BCUT2D eigenvalue weighted by molar-refractivity contribution is 6.85. The molecule has 0 fully saturated rings. The lowest BCUT2D eigenvalue weighted by Gasteiger charge is -2.24. The van der Waals surface area contributed by atoms with Gasteiger partial charge in [-0.2, -0.15) is 0 Å². The first-order valence-corrected chi connectivity index (χ1v) is 6.75. The molecule has 0 aromatic heterocycles. The molecule has 0 heterocycles. The largest absolute Gasteiger partial charge is 0.215 e. The molecule has 0 aliphatic rings. The maximum absolute atomic E-state index is 13.0. The fourth-order valence-corrected chi connectivity index (χ4v) is 4.12. The second kappa shape index (κ2) is 4.65. The van der Waals surface area contributed by atoms with Crippen LogP contribution in [0.5, 0.6) is 0 Å². The Bertz CT molecular complexity index is 131. The van der Waals surface area contributed by atoms with Gasteiger partial charge in [0.1, 0.15) is 19.9 Å². The second-order valence-electron chi connectivity index (χ2n) is 2.80. The molecule has 66 valence electrons. The molecule has 0 aliphatic carbocycles. The minimum Gasteiger partial charge on any atom is -0.215 e. The molecule has 0 aromatic carbocycles. The standard InChI is InChI=1S/C8H16F2Si/c1-4-11(5-2,6-3)8(10)7-9/h7H,4-6H2,1-3H3/b8-7+. The first-order chi connectivity index (χ1) is 5.16. The van der Waals surface area contributed by atoms with E-state index in [-0.39, 0.29) is 6.33 Å². The van der Waals surface area contributed by atoms with E-state index in [4.69, 9.17) is 0 Å². The summed E-state index contributed by atoms with van der Waals surface area (Å²) < 4.78 is 24.9. The van der Waals surface area contributed by atoms with E-state index >= 15 is 0 Å². The molecule has 0 N–H and O–H groups in total. The van der Waals surface area contributed by atoms with Gasteiger partial charge in [-0.3, -0.25) is 0 Å². The van der Waals surface area contributed by atoms with Crippen LogP contribution in [-0.2, 0) is 0 Å². The lowest BCUT2D eigenvalue weighted by molar-refractivity contribution is 0.613. The molecule has 0 aromatic rings. The number of hydrogen-bond acceptors (Lipinski definition) is 0. The van der Waals surface area contributed by atoms with Crippen LogP contribution < -0.4 is 0 Å². The van der Waals surface area contributed by atoms with E-state index < -0.39 is 13.5 Å². The predicted octanol–water partition coefficient (Wildman–Crippen LogP) is 3.81. The van der Waals surface area contributed by atoms with Gasteiger partial charge in [0.25, 0.3) is 0 Å². The number of hydrogen-bond donors (Lipinski definition) is 0. The Hall–Kier alpha value is -0.183. The van der Waals surface area contributed by atoms with Crippen molar-refractivity contribution >= 4 is 8.07 Å². The molecule has 0 aliphatic heterocycles. The normalized spacial score (nSPS) is 13.7. The van der Waals surface area contributed by atoms with E-state index in [2.05, 4.69) is 0 Å². The van der Waals surface area contributed by atoms with Crippen molar-refractivity contribution in [2.45, 2.75) is 38.9 Å². The molecule has 0 atom stereocenters. The van der Waals surface area contributed by atoms with Gasteiger partial charge in [-0.1, -0.05) is 38.9 Å². The van der Waals surface area contributed by atoms with E-state index in [1.54, 1.807) is 0 Å². The molecule has 0 saturated carbocycles. The van der Waals surface area contributed by atoms with Gasteiger partial charge in [0.2, 0.25) is 0 Å². The third kappa shape index (κ3) is 2.12. The van der Waals surface area contributed by atoms with Gasteiger partial charge in [-0.05, 0) is 0 Å². The third-order valence-electron chi connectivity index (χ3n) is 2.63. The van der Waals surface area contributed by atoms with Crippen LogP contribution in [0.1, 0.15) is 20.8 Å². The van der Waals surface area contributed by atoms with Gasteiger partial charge in [0.15, 0.2) is 0 Å². The van der Waals surface area contributed by atoms with Gasteiger partial charge < -0.3 is 0 Å². The van der Waals surface area contributed by atoms with Crippen molar-refractivity contribution in [2.24, 2.45) is 0 Å². The maximum Gasteiger partial charge on any atom is 0.126 e. The summed E-state index contributed by atoms with van der Waals surface area (Å²) in [5.74, 6) is 0. The molecule has 0 spiro atoms. The topological polar surface area (TPSA) is 0 Å². The molecule has 0 nitrogen and oxygen atoms in total. The van der Waals surface area contributed by atoms with Crippen molar-refractivity contribution in [3.63, 3.8) is 0 Å². The summed E-state index contributed by atoms with van der Waals surface area (Å²) in [5.41, 5.74) is -0.468. The van der Waals surface area contributed by atoms with E-state index in [1.807, 2.05) is 20.8 Å². The summed E-state index contributed by atoms with van der Waals surface area (Å²) in [4.78, 5) is 0. The Morgan fingerprint density at radius 1 is 1.18 bits per heavy atom. The van der Waals surface area contributed by atoms with Crippen LogP contribution >= 0.6 is 0 Å². The Morgan fingerprint density at radius 2 is 1.55 bits per heavy atom. The van der Waals surface area contributed by atoms with Crippen molar-refractivity contribution in [1.29, 1.82) is 0 Å². The monoisotopic (exact) mass is 178 g/mol. The summed E-state index contributed by atoms with van der Waals surface area (Å²) >= 11 is 0. The fraction of sp³-hybridized carbons (Fsp3) is 0.750. The molecule has 0 unspecified atom stereocenters. The zero-order valence-electron chi connectivity index (χ0n) is 7.45. The Kier molecular flexibility index (Phi) is 4.57. The summed E-state index contributed by atoms with van der Waals surface area (Å²) in [6, 6.07) is 2.39. The molecule has 0 amide bonds. The maximum atomic E-state index is 13.0. The van der Waals surface area contributed by atoms with Crippen molar-refractivity contribution in [3.05, 3.63) is 11.8 Å². The van der Waals surface area contributed by atoms with Crippen molar-refractivity contribution in [1.82, 2.24) is 0 Å². The van der Waals surface area contributed by atoms with Crippen molar-refractivity contribution < 1.29 is 8.78 Å². The lowest BCUT2D eigenvalue weighted by Crippen LogP contribution is -2.32. The van der Waals surface area contributed by atoms with Gasteiger partial charge >= 0.3 is 0 Å². The number of halogens is 2. The first-order valence-electron chi connectivity index (χ1n) is 4.13. The molecule has 0 radical (unpaired) electrons. The van der Waals surface area contributed by atoms with Crippen LogP contribution in [-0.4, -0.2) is 8.07 Å². The van der Waals surface area contributed by atoms with Crippen LogP contribution in [0, 0.1) is 0 Å². The van der Waals surface area contributed by atoms with Crippen molar-refractivity contribution in [3.8, 4) is 0 Å². The fourth-order valence-electron chi connectivity index (χ4n) is 1.37. The Labute approximate surface area is 68.3 Å². The Balaban J connectivity index is 4.54. The van der Waals surface area contributed by atoms with E-state index in [1.165, 1.54) is 0 Å². The van der Waals surface area contributed by atoms with Gasteiger partial charge in [-0.15, -0.1) is 0 Å². The van der Waals surface area contributed by atoms with Crippen LogP contribution in [0.15, 0.2) is 11.8 Å². The zero-order chi connectivity index (χ0) is 8.91. The average Bonchev–Trinajstić information content (AvgIpc) is 2.08. The molecule has 0 bridgehead atoms. The molecular weight excluding hydrogens is 162 g/mol. The lowest BCUT2D eigenvalue weighted by atomic mass is 10.9. The zero-order valence-corrected chi connectivity index (χ0v) is 8.45. The van der Waals surface area contributed by atoms with Crippen LogP contribution in [0.3, 0.4) is 0 Å². The number of rotatable bonds is 4. The van der Waals surface area contributed by atoms with Crippen LogP contribution in [0.25, 0.3) is 0 Å². The highest BCUT2D eigenvalue weighted by Gasteiger charge is 2.32. The summed E-state index contributed by atoms with van der Waals surface area (Å²) in [5, 5.41) is 0. The van der Waals surface area contributed by atoms with Gasteiger partial charge in [0, 0.05) is 0 Å². The minimum atomic E-state index is -2.00. The van der Waals surface area contributed by atoms with E-state index in [0.717, 1.165) is 18.1 Å². The Morgan fingerprint density at radius 3 is 1.64 bits per heavy atom. The third-order valence-corrected chi connectivity index (χ3v) is 7.82. The average molecular weight is 178 g/mol. The first kappa shape index (κ1) is 10.8. The van der Waals surface area contributed by atoms with E-state index in [0.29, 0.717) is 0 Å². The molecule has 3 heteroatoms. The van der Waals surface area contributed by atoms with Crippen LogP contribution in [0.4, 0.5) is 8.78 Å². The molecular formula is C8H16F2Si. The molecule has 11 heavy (non-hydrogen) atoms. The van der Waals surface area contributed by atoms with Crippen molar-refractivity contribution in [2.75, 3.05) is 0 Å². The van der Waals surface area contributed by atoms with E-state index in [9.17, 15) is 8.78 Å². The summed E-state index contributed by atoms with van der Waals surface area (Å²) in [6.07, 6.45) is 0.155. The van der Waals surface area contributed by atoms with Crippen LogP contribution in [0.2, 0.25) is 18.1 Å². The summed E-state index contributed by atoms with van der Waals surface area (Å²) in [7, 11) is -2.00. The quantitative estimate of drug-likeness (QED) is 0.574. The second-order valence-corrected chi connectivity index (χ2v) is 7.96. The highest BCUT2D eigenvalue weighted by Crippen LogP contribution is 2.29. The predicted molar refractivity (Wildman–Crippen MR) is 47.5 cm³/mol. The van der Waals surface area contributed by atoms with Gasteiger partial charge in [0.05, 0.1) is 0 Å². The summed E-state index contributed by atoms with van der Waals surface area (Å²) in [6.45, 7) is 5.84. The SMILES string of the molecule is CC[Si](CC)(CC)/C(F)=C/F. The van der Waals surface area contributed by atoms with Gasteiger partial charge in [-0.25, -0.2) is 8.78 Å². The minimum absolute atomic E-state index is 0.155. The highest BCUT2D eigenvalue weighted by atomic mass is 28.3. The smallest absolute Gasteiger partial charge is 0.126 e. The molecule has 0 saturated heterocycles. The molecule has 0 rings (SSSR count).